The number of ether oxygens (including phenoxy) is 1. The number of hydrogen-bond donors (Lipinski definition) is 0. The molecular formula is C19H26N4O2. The van der Waals surface area contributed by atoms with Gasteiger partial charge in [-0.3, -0.25) is 14.4 Å². The Morgan fingerprint density at radius 3 is 2.64 bits per heavy atom. The van der Waals surface area contributed by atoms with Gasteiger partial charge in [-0.25, -0.2) is 0 Å². The topological polar surface area (TPSA) is 50.6 Å². The van der Waals surface area contributed by atoms with Crippen molar-refractivity contribution in [2.75, 3.05) is 33.8 Å². The van der Waals surface area contributed by atoms with Crippen molar-refractivity contribution in [1.29, 1.82) is 0 Å². The largest absolute Gasteiger partial charge is 0.497 e. The molecular weight excluding hydrogens is 316 g/mol. The molecule has 1 aliphatic rings. The minimum Gasteiger partial charge on any atom is -0.497 e. The molecule has 0 saturated carbocycles. The highest BCUT2D eigenvalue weighted by Gasteiger charge is 2.28. The number of rotatable bonds is 5. The van der Waals surface area contributed by atoms with Gasteiger partial charge in [-0.05, 0) is 37.7 Å². The molecule has 1 aliphatic heterocycles. The first-order chi connectivity index (χ1) is 12.1. The van der Waals surface area contributed by atoms with Crippen molar-refractivity contribution in [1.82, 2.24) is 19.6 Å². The number of nitrogens with zero attached hydrogens (tertiary/aromatic N) is 4. The van der Waals surface area contributed by atoms with Crippen LogP contribution in [-0.4, -0.2) is 59.3 Å². The van der Waals surface area contributed by atoms with E-state index in [1.54, 1.807) is 13.3 Å². The highest BCUT2D eigenvalue weighted by Crippen LogP contribution is 2.26. The summed E-state index contributed by atoms with van der Waals surface area (Å²) in [4.78, 5) is 16.9. The van der Waals surface area contributed by atoms with Crippen LogP contribution in [0.5, 0.6) is 5.75 Å². The minimum atomic E-state index is 0.196. The monoisotopic (exact) mass is 342 g/mol. The van der Waals surface area contributed by atoms with Crippen molar-refractivity contribution >= 4 is 5.91 Å². The lowest BCUT2D eigenvalue weighted by Crippen LogP contribution is -2.49. The fraction of sp³-hybridized carbons (Fsp3) is 0.474. The van der Waals surface area contributed by atoms with E-state index in [0.29, 0.717) is 13.0 Å². The predicted octanol–water partition coefficient (Wildman–Crippen LogP) is 2.11. The number of carbonyl (C=O) groups is 1. The molecule has 3 rings (SSSR count). The van der Waals surface area contributed by atoms with E-state index in [2.05, 4.69) is 29.2 Å². The molecule has 25 heavy (non-hydrogen) atoms. The van der Waals surface area contributed by atoms with Gasteiger partial charge in [0, 0.05) is 44.5 Å². The van der Waals surface area contributed by atoms with Crippen LogP contribution < -0.4 is 4.74 Å². The molecule has 1 amide bonds. The first kappa shape index (κ1) is 17.5. The van der Waals surface area contributed by atoms with E-state index in [1.807, 2.05) is 34.7 Å². The summed E-state index contributed by atoms with van der Waals surface area (Å²) < 4.78 is 7.12. The van der Waals surface area contributed by atoms with Crippen LogP contribution in [0.3, 0.4) is 0 Å². The van der Waals surface area contributed by atoms with Crippen molar-refractivity contribution in [3.05, 3.63) is 47.8 Å². The van der Waals surface area contributed by atoms with Gasteiger partial charge >= 0.3 is 0 Å². The maximum atomic E-state index is 12.6. The standard InChI is InChI=1S/C19H26N4O2/c1-15-8-10-20-23(15)11-9-19(24)22-13-12-21(2)18(14-22)16-4-6-17(25-3)7-5-16/h4-8,10,18H,9,11-14H2,1-3H3/t18-/m0/s1. The number of aryl methyl sites for hydroxylation is 2. The van der Waals surface area contributed by atoms with Crippen molar-refractivity contribution in [3.8, 4) is 5.75 Å². The van der Waals surface area contributed by atoms with Gasteiger partial charge in [-0.15, -0.1) is 0 Å². The number of aromatic nitrogens is 2. The van der Waals surface area contributed by atoms with Gasteiger partial charge in [0.05, 0.1) is 13.2 Å². The summed E-state index contributed by atoms with van der Waals surface area (Å²) in [6.45, 7) is 5.02. The summed E-state index contributed by atoms with van der Waals surface area (Å²) in [6.07, 6.45) is 2.26. The normalized spacial score (nSPS) is 18.4. The van der Waals surface area contributed by atoms with Gasteiger partial charge in [-0.1, -0.05) is 12.1 Å². The van der Waals surface area contributed by atoms with Crippen LogP contribution in [0.2, 0.25) is 0 Å². The molecule has 0 bridgehead atoms. The molecule has 2 aromatic rings. The van der Waals surface area contributed by atoms with Crippen molar-refractivity contribution < 1.29 is 9.53 Å². The van der Waals surface area contributed by atoms with E-state index >= 15 is 0 Å². The molecule has 0 aliphatic carbocycles. The van der Waals surface area contributed by atoms with Crippen LogP contribution in [0.4, 0.5) is 0 Å². The van der Waals surface area contributed by atoms with Crippen molar-refractivity contribution in [3.63, 3.8) is 0 Å². The zero-order chi connectivity index (χ0) is 17.8. The second-order valence-corrected chi connectivity index (χ2v) is 6.56. The van der Waals surface area contributed by atoms with Gasteiger partial charge in [0.25, 0.3) is 0 Å². The molecule has 0 unspecified atom stereocenters. The fourth-order valence-corrected chi connectivity index (χ4v) is 3.28. The first-order valence-electron chi connectivity index (χ1n) is 8.69. The predicted molar refractivity (Wildman–Crippen MR) is 96.5 cm³/mol. The summed E-state index contributed by atoms with van der Waals surface area (Å²) in [5, 5.41) is 4.25. The van der Waals surface area contributed by atoms with Gasteiger partial charge in [-0.2, -0.15) is 5.10 Å². The van der Waals surface area contributed by atoms with Crippen LogP contribution in [0, 0.1) is 6.92 Å². The number of piperazine rings is 1. The second-order valence-electron chi connectivity index (χ2n) is 6.56. The maximum Gasteiger partial charge on any atom is 0.224 e. The zero-order valence-electron chi connectivity index (χ0n) is 15.2. The molecule has 1 saturated heterocycles. The lowest BCUT2D eigenvalue weighted by Gasteiger charge is -2.39. The Hall–Kier alpha value is -2.34. The molecule has 0 radical (unpaired) electrons. The number of likely N-dealkylation sites (N-methyl/N-ethyl adjacent to an activating group) is 1. The lowest BCUT2D eigenvalue weighted by atomic mass is 10.0. The Morgan fingerprint density at radius 2 is 2.00 bits per heavy atom. The quantitative estimate of drug-likeness (QED) is 0.835. The number of hydrogen-bond acceptors (Lipinski definition) is 4. The first-order valence-corrected chi connectivity index (χ1v) is 8.69. The van der Waals surface area contributed by atoms with E-state index in [9.17, 15) is 4.79 Å². The molecule has 6 nitrogen and oxygen atoms in total. The van der Waals surface area contributed by atoms with Gasteiger partial charge in [0.1, 0.15) is 5.75 Å². The number of benzene rings is 1. The van der Waals surface area contributed by atoms with E-state index in [0.717, 1.165) is 31.1 Å². The van der Waals surface area contributed by atoms with Gasteiger partial charge < -0.3 is 9.64 Å². The van der Waals surface area contributed by atoms with Crippen molar-refractivity contribution in [2.24, 2.45) is 0 Å². The van der Waals surface area contributed by atoms with Crippen LogP contribution in [-0.2, 0) is 11.3 Å². The molecule has 1 atom stereocenters. The average molecular weight is 342 g/mol. The number of amides is 1. The fourth-order valence-electron chi connectivity index (χ4n) is 3.28. The highest BCUT2D eigenvalue weighted by atomic mass is 16.5. The summed E-state index contributed by atoms with van der Waals surface area (Å²) in [7, 11) is 3.78. The molecule has 0 spiro atoms. The Labute approximate surface area is 149 Å². The molecule has 1 aromatic heterocycles. The third-order valence-corrected chi connectivity index (χ3v) is 4.97. The van der Waals surface area contributed by atoms with Crippen molar-refractivity contribution in [2.45, 2.75) is 25.9 Å². The maximum absolute atomic E-state index is 12.6. The lowest BCUT2D eigenvalue weighted by molar-refractivity contribution is -0.134. The molecule has 134 valence electrons. The summed E-state index contributed by atoms with van der Waals surface area (Å²) in [5.41, 5.74) is 2.30. The Balaban J connectivity index is 1.62. The second kappa shape index (κ2) is 7.70. The summed E-state index contributed by atoms with van der Waals surface area (Å²) in [5.74, 6) is 1.05. The molecule has 0 N–H and O–H groups in total. The van der Waals surface area contributed by atoms with Crippen LogP contribution in [0.1, 0.15) is 23.7 Å². The van der Waals surface area contributed by atoms with Crippen LogP contribution >= 0.6 is 0 Å². The van der Waals surface area contributed by atoms with Gasteiger partial charge in [0.2, 0.25) is 5.91 Å². The number of carbonyl (C=O) groups excluding carboxylic acids is 1. The number of methoxy groups -OCH3 is 1. The van der Waals surface area contributed by atoms with E-state index in [4.69, 9.17) is 4.74 Å². The molecule has 2 heterocycles. The molecule has 1 fully saturated rings. The van der Waals surface area contributed by atoms with Crippen LogP contribution in [0.15, 0.2) is 36.5 Å². The summed E-state index contributed by atoms with van der Waals surface area (Å²) in [6, 6.07) is 10.3. The average Bonchev–Trinajstić information content (AvgIpc) is 3.05. The summed E-state index contributed by atoms with van der Waals surface area (Å²) >= 11 is 0. The minimum absolute atomic E-state index is 0.196. The van der Waals surface area contributed by atoms with Crippen LogP contribution in [0.25, 0.3) is 0 Å². The van der Waals surface area contributed by atoms with E-state index < -0.39 is 0 Å². The van der Waals surface area contributed by atoms with E-state index in [1.165, 1.54) is 5.56 Å². The third-order valence-electron chi connectivity index (χ3n) is 4.97. The molecule has 1 aromatic carbocycles. The van der Waals surface area contributed by atoms with Gasteiger partial charge in [0.15, 0.2) is 0 Å². The smallest absolute Gasteiger partial charge is 0.224 e. The Bertz CT molecular complexity index is 710. The highest BCUT2D eigenvalue weighted by molar-refractivity contribution is 5.76. The zero-order valence-corrected chi connectivity index (χ0v) is 15.2. The Morgan fingerprint density at radius 1 is 1.24 bits per heavy atom. The SMILES string of the molecule is COc1ccc([C@@H]2CN(C(=O)CCn3nccc3C)CCN2C)cc1. The third kappa shape index (κ3) is 4.02. The van der Waals surface area contributed by atoms with E-state index in [-0.39, 0.29) is 11.9 Å². The molecule has 6 heteroatoms. The Kier molecular flexibility index (Phi) is 5.38.